The van der Waals surface area contributed by atoms with Crippen molar-refractivity contribution < 1.29 is 14.7 Å². The van der Waals surface area contributed by atoms with Gasteiger partial charge in [-0.05, 0) is 42.0 Å². The Bertz CT molecular complexity index is 1010. The quantitative estimate of drug-likeness (QED) is 0.539. The van der Waals surface area contributed by atoms with Gasteiger partial charge in [0.2, 0.25) is 0 Å². The van der Waals surface area contributed by atoms with E-state index in [2.05, 4.69) is 0 Å². The van der Waals surface area contributed by atoms with E-state index in [0.29, 0.717) is 0 Å². The predicted molar refractivity (Wildman–Crippen MR) is 104 cm³/mol. The topological polar surface area (TPSA) is 59.3 Å². The molecule has 130 valence electrons. The number of para-hydroxylation sites is 1. The summed E-state index contributed by atoms with van der Waals surface area (Å²) in [7, 11) is 1.96. The van der Waals surface area contributed by atoms with Crippen LogP contribution in [-0.2, 0) is 16.6 Å². The molecule has 1 aromatic heterocycles. The molecule has 0 aliphatic carbocycles. The summed E-state index contributed by atoms with van der Waals surface area (Å²) in [5, 5.41) is 10.3. The fourth-order valence-electron chi connectivity index (χ4n) is 2.75. The van der Waals surface area contributed by atoms with Gasteiger partial charge in [-0.25, -0.2) is 0 Å². The lowest BCUT2D eigenvalue weighted by Gasteiger charge is -1.95. The summed E-state index contributed by atoms with van der Waals surface area (Å²) < 4.78 is 2.00. The lowest BCUT2D eigenvalue weighted by Crippen LogP contribution is -2.01. The monoisotopic (exact) mass is 345 g/mol. The second-order valence-corrected chi connectivity index (χ2v) is 6.08. The van der Waals surface area contributed by atoms with E-state index in [1.54, 1.807) is 36.4 Å². The summed E-state index contributed by atoms with van der Waals surface area (Å²) in [4.78, 5) is 24.0. The molecule has 0 bridgehead atoms. The second-order valence-electron chi connectivity index (χ2n) is 6.08. The van der Waals surface area contributed by atoms with Gasteiger partial charge in [0.15, 0.2) is 11.6 Å². The molecule has 4 heteroatoms. The highest BCUT2D eigenvalue weighted by Gasteiger charge is 2.06. The highest BCUT2D eigenvalue weighted by molar-refractivity contribution is 6.11. The first-order valence-corrected chi connectivity index (χ1v) is 8.28. The number of nitrogens with zero attached hydrogens (tertiary/aromatic N) is 1. The van der Waals surface area contributed by atoms with E-state index < -0.39 is 0 Å². The van der Waals surface area contributed by atoms with Crippen LogP contribution in [0.3, 0.4) is 0 Å². The molecule has 0 amide bonds. The van der Waals surface area contributed by atoms with Crippen molar-refractivity contribution in [3.63, 3.8) is 0 Å². The van der Waals surface area contributed by atoms with Crippen LogP contribution in [0.25, 0.3) is 23.1 Å². The lowest BCUT2D eigenvalue weighted by atomic mass is 10.1. The average Bonchev–Trinajstić information content (AvgIpc) is 2.96. The third-order valence-electron chi connectivity index (χ3n) is 4.08. The van der Waals surface area contributed by atoms with E-state index in [-0.39, 0.29) is 23.7 Å². The predicted octanol–water partition coefficient (Wildman–Crippen LogP) is 4.14. The fraction of sp³-hybridized carbons (Fsp3) is 0.0909. The van der Waals surface area contributed by atoms with Crippen LogP contribution in [0.1, 0.15) is 17.5 Å². The summed E-state index contributed by atoms with van der Waals surface area (Å²) in [6.45, 7) is 0. The standard InChI is InChI=1S/C22H19NO3/c1-23-15-17(21-4-2-3-5-22(21)23)9-13-20(26)14-19(25)12-8-16-6-10-18(24)11-7-16/h2-13,15,24H,14H2,1H3/b12-8+,13-9+. The van der Waals surface area contributed by atoms with E-state index >= 15 is 0 Å². The minimum atomic E-state index is -0.259. The van der Waals surface area contributed by atoms with Crippen LogP contribution in [0.4, 0.5) is 0 Å². The number of allylic oxidation sites excluding steroid dienone is 2. The number of rotatable bonds is 6. The largest absolute Gasteiger partial charge is 0.508 e. The van der Waals surface area contributed by atoms with E-state index in [1.165, 1.54) is 12.2 Å². The van der Waals surface area contributed by atoms with Gasteiger partial charge in [-0.3, -0.25) is 9.59 Å². The summed E-state index contributed by atoms with van der Waals surface area (Å²) in [6, 6.07) is 14.4. The molecule has 0 saturated heterocycles. The SMILES string of the molecule is Cn1cc(/C=C/C(=O)CC(=O)/C=C/c2ccc(O)cc2)c2ccccc21. The van der Waals surface area contributed by atoms with Gasteiger partial charge in [0.25, 0.3) is 0 Å². The fourth-order valence-corrected chi connectivity index (χ4v) is 2.75. The van der Waals surface area contributed by atoms with Gasteiger partial charge in [-0.1, -0.05) is 36.4 Å². The highest BCUT2D eigenvalue weighted by Crippen LogP contribution is 2.21. The number of benzene rings is 2. The number of aromatic hydroxyl groups is 1. The number of fused-ring (bicyclic) bond motifs is 1. The van der Waals surface area contributed by atoms with E-state index in [1.807, 2.05) is 42.1 Å². The summed E-state index contributed by atoms with van der Waals surface area (Å²) in [5.41, 5.74) is 2.82. The molecule has 0 saturated carbocycles. The number of phenols is 1. The molecule has 3 aromatic rings. The molecule has 0 atom stereocenters. The Morgan fingerprint density at radius 3 is 2.35 bits per heavy atom. The molecule has 3 rings (SSSR count). The first kappa shape index (κ1) is 17.4. The minimum Gasteiger partial charge on any atom is -0.508 e. The van der Waals surface area contributed by atoms with Crippen LogP contribution in [0.5, 0.6) is 5.75 Å². The average molecular weight is 345 g/mol. The van der Waals surface area contributed by atoms with E-state index in [9.17, 15) is 14.7 Å². The molecule has 4 nitrogen and oxygen atoms in total. The maximum atomic E-state index is 12.0. The Morgan fingerprint density at radius 2 is 1.62 bits per heavy atom. The van der Waals surface area contributed by atoms with Crippen LogP contribution < -0.4 is 0 Å². The summed E-state index contributed by atoms with van der Waals surface area (Å²) in [6.07, 6.45) is 8.01. The maximum Gasteiger partial charge on any atom is 0.163 e. The molecule has 26 heavy (non-hydrogen) atoms. The summed E-state index contributed by atoms with van der Waals surface area (Å²) >= 11 is 0. The molecular formula is C22H19NO3. The van der Waals surface area contributed by atoms with Gasteiger partial charge in [-0.15, -0.1) is 0 Å². The molecule has 0 unspecified atom stereocenters. The Morgan fingerprint density at radius 1 is 0.962 bits per heavy atom. The molecule has 0 fully saturated rings. The van der Waals surface area contributed by atoms with Gasteiger partial charge in [0.1, 0.15) is 5.75 Å². The molecule has 0 radical (unpaired) electrons. The van der Waals surface area contributed by atoms with Crippen molar-refractivity contribution in [3.05, 3.63) is 78.0 Å². The molecule has 1 heterocycles. The van der Waals surface area contributed by atoms with Crippen molar-refractivity contribution in [1.82, 2.24) is 4.57 Å². The number of aryl methyl sites for hydroxylation is 1. The Labute approximate surface area is 151 Å². The molecule has 0 spiro atoms. The number of carbonyl (C=O) groups excluding carboxylic acids is 2. The van der Waals surface area contributed by atoms with Crippen molar-refractivity contribution in [2.75, 3.05) is 0 Å². The number of hydrogen-bond donors (Lipinski definition) is 1. The summed E-state index contributed by atoms with van der Waals surface area (Å²) in [5.74, 6) is -0.328. The first-order valence-electron chi connectivity index (χ1n) is 8.28. The highest BCUT2D eigenvalue weighted by atomic mass is 16.3. The van der Waals surface area contributed by atoms with Crippen LogP contribution >= 0.6 is 0 Å². The van der Waals surface area contributed by atoms with Crippen molar-refractivity contribution in [1.29, 1.82) is 0 Å². The zero-order valence-electron chi connectivity index (χ0n) is 14.4. The number of aromatic nitrogens is 1. The van der Waals surface area contributed by atoms with Crippen LogP contribution in [0.2, 0.25) is 0 Å². The van der Waals surface area contributed by atoms with Gasteiger partial charge in [0, 0.05) is 29.7 Å². The molecule has 2 aromatic carbocycles. The van der Waals surface area contributed by atoms with Gasteiger partial charge < -0.3 is 9.67 Å². The second kappa shape index (κ2) is 7.66. The van der Waals surface area contributed by atoms with Gasteiger partial charge >= 0.3 is 0 Å². The molecular weight excluding hydrogens is 326 g/mol. The van der Waals surface area contributed by atoms with Crippen molar-refractivity contribution >= 4 is 34.6 Å². The first-order chi connectivity index (χ1) is 12.5. The Kier molecular flexibility index (Phi) is 5.13. The maximum absolute atomic E-state index is 12.0. The van der Waals surface area contributed by atoms with Crippen LogP contribution in [0, 0.1) is 0 Å². The van der Waals surface area contributed by atoms with Crippen molar-refractivity contribution in [3.8, 4) is 5.75 Å². The normalized spacial score (nSPS) is 11.6. The van der Waals surface area contributed by atoms with E-state index in [4.69, 9.17) is 0 Å². The van der Waals surface area contributed by atoms with Gasteiger partial charge in [0.05, 0.1) is 6.42 Å². The minimum absolute atomic E-state index is 0.169. The van der Waals surface area contributed by atoms with Crippen molar-refractivity contribution in [2.24, 2.45) is 7.05 Å². The van der Waals surface area contributed by atoms with Crippen LogP contribution in [0.15, 0.2) is 66.9 Å². The number of hydrogen-bond acceptors (Lipinski definition) is 3. The third-order valence-corrected chi connectivity index (χ3v) is 4.08. The zero-order valence-corrected chi connectivity index (χ0v) is 14.4. The van der Waals surface area contributed by atoms with Gasteiger partial charge in [-0.2, -0.15) is 0 Å². The third kappa shape index (κ3) is 4.16. The zero-order chi connectivity index (χ0) is 18.5. The number of ketones is 2. The smallest absolute Gasteiger partial charge is 0.163 e. The molecule has 1 N–H and O–H groups in total. The van der Waals surface area contributed by atoms with Crippen molar-refractivity contribution in [2.45, 2.75) is 6.42 Å². The lowest BCUT2D eigenvalue weighted by molar-refractivity contribution is -0.121. The molecule has 0 aliphatic rings. The Balaban J connectivity index is 1.63. The Hall–Kier alpha value is -3.40. The number of phenolic OH excluding ortho intramolecular Hbond substituents is 1. The van der Waals surface area contributed by atoms with Crippen LogP contribution in [-0.4, -0.2) is 21.2 Å². The molecule has 0 aliphatic heterocycles. The van der Waals surface area contributed by atoms with E-state index in [0.717, 1.165) is 22.0 Å². The number of carbonyl (C=O) groups is 2.